The van der Waals surface area contributed by atoms with E-state index in [0.717, 1.165) is 28.6 Å². The number of alkyl halides is 3. The number of halogens is 3. The van der Waals surface area contributed by atoms with Crippen LogP contribution in [0.4, 0.5) is 18.9 Å². The summed E-state index contributed by atoms with van der Waals surface area (Å²) in [4.78, 5) is 0. The molecule has 0 saturated carbocycles. The standard InChI is InChI=1S/C9H11F3N2O2S/c1-14(2)17(15,16)13-8-5-3-7(4-6-8)9(10,11)12/h3-6,13H,1-2H3. The van der Waals surface area contributed by atoms with Crippen molar-refractivity contribution in [1.82, 2.24) is 4.31 Å². The first kappa shape index (κ1) is 13.8. The van der Waals surface area contributed by atoms with Crippen molar-refractivity contribution in [1.29, 1.82) is 0 Å². The molecule has 8 heteroatoms. The van der Waals surface area contributed by atoms with Gasteiger partial charge in [-0.15, -0.1) is 0 Å². The smallest absolute Gasteiger partial charge is 0.271 e. The number of nitrogens with zero attached hydrogens (tertiary/aromatic N) is 1. The second-order valence-electron chi connectivity index (χ2n) is 3.46. The van der Waals surface area contributed by atoms with Crippen molar-refractivity contribution in [3.8, 4) is 0 Å². The van der Waals surface area contributed by atoms with E-state index in [1.54, 1.807) is 0 Å². The first-order chi connectivity index (χ1) is 7.63. The van der Waals surface area contributed by atoms with Crippen LogP contribution in [-0.2, 0) is 16.4 Å². The molecule has 0 spiro atoms. The van der Waals surface area contributed by atoms with Gasteiger partial charge in [-0.1, -0.05) is 0 Å². The average Bonchev–Trinajstić information content (AvgIpc) is 2.16. The molecule has 0 radical (unpaired) electrons. The molecule has 96 valence electrons. The minimum atomic E-state index is -4.43. The Hall–Kier alpha value is -1.28. The number of benzene rings is 1. The van der Waals surface area contributed by atoms with E-state index in [9.17, 15) is 21.6 Å². The Bertz CT molecular complexity index is 480. The highest BCUT2D eigenvalue weighted by Crippen LogP contribution is 2.29. The van der Waals surface area contributed by atoms with E-state index in [0.29, 0.717) is 0 Å². The van der Waals surface area contributed by atoms with Gasteiger partial charge in [0, 0.05) is 19.8 Å². The fraction of sp³-hybridized carbons (Fsp3) is 0.333. The second kappa shape index (κ2) is 4.53. The zero-order valence-electron chi connectivity index (χ0n) is 9.12. The van der Waals surface area contributed by atoms with Gasteiger partial charge >= 0.3 is 16.4 Å². The number of nitrogens with one attached hydrogen (secondary N) is 1. The first-order valence-corrected chi connectivity index (χ1v) is 5.94. The molecule has 4 nitrogen and oxygen atoms in total. The van der Waals surface area contributed by atoms with E-state index < -0.39 is 21.9 Å². The van der Waals surface area contributed by atoms with Crippen LogP contribution in [0.15, 0.2) is 24.3 Å². The van der Waals surface area contributed by atoms with Gasteiger partial charge in [0.1, 0.15) is 0 Å². The van der Waals surface area contributed by atoms with Crippen LogP contribution in [0.2, 0.25) is 0 Å². The molecule has 0 saturated heterocycles. The van der Waals surface area contributed by atoms with Crippen molar-refractivity contribution < 1.29 is 21.6 Å². The third-order valence-corrected chi connectivity index (χ3v) is 3.39. The lowest BCUT2D eigenvalue weighted by atomic mass is 10.2. The number of hydrogen-bond acceptors (Lipinski definition) is 2. The average molecular weight is 268 g/mol. The summed E-state index contributed by atoms with van der Waals surface area (Å²) in [6, 6.07) is 3.74. The van der Waals surface area contributed by atoms with Gasteiger partial charge in [-0.2, -0.15) is 25.9 Å². The molecule has 0 amide bonds. The quantitative estimate of drug-likeness (QED) is 0.910. The van der Waals surface area contributed by atoms with Crippen LogP contribution in [0.1, 0.15) is 5.56 Å². The van der Waals surface area contributed by atoms with E-state index in [2.05, 4.69) is 4.72 Å². The molecule has 0 fully saturated rings. The van der Waals surface area contributed by atoms with Crippen LogP contribution in [0, 0.1) is 0 Å². The van der Waals surface area contributed by atoms with Gasteiger partial charge < -0.3 is 0 Å². The molecular weight excluding hydrogens is 257 g/mol. The fourth-order valence-electron chi connectivity index (χ4n) is 0.967. The molecule has 0 unspecified atom stereocenters. The van der Waals surface area contributed by atoms with Crippen LogP contribution in [0.5, 0.6) is 0 Å². The molecule has 0 aromatic heterocycles. The molecule has 1 aromatic rings. The largest absolute Gasteiger partial charge is 0.416 e. The third kappa shape index (κ3) is 3.60. The van der Waals surface area contributed by atoms with Crippen molar-refractivity contribution in [3.05, 3.63) is 29.8 Å². The number of anilines is 1. The van der Waals surface area contributed by atoms with Gasteiger partial charge in [0.2, 0.25) is 0 Å². The zero-order chi connectivity index (χ0) is 13.3. The summed E-state index contributed by atoms with van der Waals surface area (Å²) in [6.45, 7) is 0. The Morgan fingerprint density at radius 3 is 1.94 bits per heavy atom. The molecule has 0 aliphatic carbocycles. The molecule has 17 heavy (non-hydrogen) atoms. The molecule has 0 heterocycles. The van der Waals surface area contributed by atoms with Gasteiger partial charge in [0.25, 0.3) is 0 Å². The molecule has 1 N–H and O–H groups in total. The van der Waals surface area contributed by atoms with Gasteiger partial charge in [-0.05, 0) is 24.3 Å². The molecule has 0 atom stereocenters. The molecule has 0 aliphatic rings. The van der Waals surface area contributed by atoms with Gasteiger partial charge in [-0.25, -0.2) is 0 Å². The predicted molar refractivity (Wildman–Crippen MR) is 57.7 cm³/mol. The third-order valence-electron chi connectivity index (χ3n) is 1.94. The molecule has 1 rings (SSSR count). The summed E-state index contributed by atoms with van der Waals surface area (Å²) in [5.41, 5.74) is -0.753. The summed E-state index contributed by atoms with van der Waals surface area (Å²) < 4.78 is 62.5. The zero-order valence-corrected chi connectivity index (χ0v) is 9.93. The minimum Gasteiger partial charge on any atom is -0.271 e. The second-order valence-corrected chi connectivity index (χ2v) is 5.35. The molecule has 0 bridgehead atoms. The normalized spacial score (nSPS) is 12.8. The van der Waals surface area contributed by atoms with E-state index in [-0.39, 0.29) is 5.69 Å². The molecule has 1 aromatic carbocycles. The summed E-state index contributed by atoms with van der Waals surface area (Å²) in [7, 11) is -1.07. The molecular formula is C9H11F3N2O2S. The summed E-state index contributed by atoms with van der Waals surface area (Å²) in [6.07, 6.45) is -4.43. The lowest BCUT2D eigenvalue weighted by Crippen LogP contribution is -2.28. The number of rotatable bonds is 3. The van der Waals surface area contributed by atoms with Crippen LogP contribution in [0.3, 0.4) is 0 Å². The maximum Gasteiger partial charge on any atom is 0.416 e. The maximum atomic E-state index is 12.2. The van der Waals surface area contributed by atoms with E-state index in [1.807, 2.05) is 0 Å². The lowest BCUT2D eigenvalue weighted by molar-refractivity contribution is -0.137. The minimum absolute atomic E-state index is 0.0756. The monoisotopic (exact) mass is 268 g/mol. The van der Waals surface area contributed by atoms with Gasteiger partial charge in [-0.3, -0.25) is 4.72 Å². The highest BCUT2D eigenvalue weighted by atomic mass is 32.2. The van der Waals surface area contributed by atoms with Crippen molar-refractivity contribution >= 4 is 15.9 Å². The topological polar surface area (TPSA) is 49.4 Å². The van der Waals surface area contributed by atoms with Crippen LogP contribution in [0.25, 0.3) is 0 Å². The van der Waals surface area contributed by atoms with Gasteiger partial charge in [0.05, 0.1) is 5.56 Å². The number of hydrogen-bond donors (Lipinski definition) is 1. The highest BCUT2D eigenvalue weighted by Gasteiger charge is 2.30. The highest BCUT2D eigenvalue weighted by molar-refractivity contribution is 7.90. The van der Waals surface area contributed by atoms with Crippen molar-refractivity contribution in [3.63, 3.8) is 0 Å². The summed E-state index contributed by atoms with van der Waals surface area (Å²) in [5, 5.41) is 0. The Labute approximate surface area is 97.2 Å². The Morgan fingerprint density at radius 2 is 1.59 bits per heavy atom. The Kier molecular flexibility index (Phi) is 3.68. The summed E-state index contributed by atoms with van der Waals surface area (Å²) >= 11 is 0. The van der Waals surface area contributed by atoms with Crippen molar-refractivity contribution in [2.24, 2.45) is 0 Å². The van der Waals surface area contributed by atoms with Crippen molar-refractivity contribution in [2.45, 2.75) is 6.18 Å². The summed E-state index contributed by atoms with van der Waals surface area (Å²) in [5.74, 6) is 0. The van der Waals surface area contributed by atoms with Crippen LogP contribution >= 0.6 is 0 Å². The van der Waals surface area contributed by atoms with Crippen molar-refractivity contribution in [2.75, 3.05) is 18.8 Å². The van der Waals surface area contributed by atoms with E-state index >= 15 is 0 Å². The fourth-order valence-corrected chi connectivity index (χ4v) is 1.58. The molecule has 0 aliphatic heterocycles. The Morgan fingerprint density at radius 1 is 1.12 bits per heavy atom. The van der Waals surface area contributed by atoms with Crippen LogP contribution in [-0.4, -0.2) is 26.8 Å². The lowest BCUT2D eigenvalue weighted by Gasteiger charge is -2.14. The van der Waals surface area contributed by atoms with E-state index in [1.165, 1.54) is 14.1 Å². The maximum absolute atomic E-state index is 12.2. The van der Waals surface area contributed by atoms with Crippen LogP contribution < -0.4 is 4.72 Å². The SMILES string of the molecule is CN(C)S(=O)(=O)Nc1ccc(C(F)(F)F)cc1. The van der Waals surface area contributed by atoms with Gasteiger partial charge in [0.15, 0.2) is 0 Å². The Balaban J connectivity index is 2.91. The van der Waals surface area contributed by atoms with E-state index in [4.69, 9.17) is 0 Å². The predicted octanol–water partition coefficient (Wildman–Crippen LogP) is 1.92. The first-order valence-electron chi connectivity index (χ1n) is 4.50.